The highest BCUT2D eigenvalue weighted by atomic mass is 19.4. The van der Waals surface area contributed by atoms with Crippen LogP contribution in [0.1, 0.15) is 18.1 Å². The molecule has 128 valence electrons. The van der Waals surface area contributed by atoms with Gasteiger partial charge in [0.15, 0.2) is 6.04 Å². The molecule has 6 heteroatoms. The van der Waals surface area contributed by atoms with Gasteiger partial charge >= 0.3 is 6.18 Å². The molecular formula is C18H20F3N2O+. The summed E-state index contributed by atoms with van der Waals surface area (Å²) >= 11 is 0. The highest BCUT2D eigenvalue weighted by Crippen LogP contribution is 2.28. The summed E-state index contributed by atoms with van der Waals surface area (Å²) in [6.07, 6.45) is -4.33. The number of amides is 1. The third-order valence-corrected chi connectivity index (χ3v) is 3.94. The van der Waals surface area contributed by atoms with Gasteiger partial charge in [-0.1, -0.05) is 30.3 Å². The number of alkyl halides is 3. The zero-order chi connectivity index (χ0) is 17.7. The summed E-state index contributed by atoms with van der Waals surface area (Å²) in [6, 6.07) is 13.8. The molecule has 0 bridgehead atoms. The second-order valence-corrected chi connectivity index (χ2v) is 5.79. The molecule has 1 amide bonds. The van der Waals surface area contributed by atoms with E-state index >= 15 is 0 Å². The van der Waals surface area contributed by atoms with Gasteiger partial charge < -0.3 is 10.2 Å². The van der Waals surface area contributed by atoms with Crippen LogP contribution in [0.3, 0.4) is 0 Å². The molecule has 0 saturated heterocycles. The third-order valence-electron chi connectivity index (χ3n) is 3.94. The van der Waals surface area contributed by atoms with Crippen molar-refractivity contribution in [3.05, 3.63) is 65.7 Å². The molecule has 24 heavy (non-hydrogen) atoms. The highest BCUT2D eigenvalue weighted by Gasteiger charge is 2.30. The molecule has 0 spiro atoms. The number of rotatable bonds is 5. The smallest absolute Gasteiger partial charge is 0.324 e. The van der Waals surface area contributed by atoms with E-state index in [9.17, 15) is 18.0 Å². The Balaban J connectivity index is 1.95. The number of hydrogen-bond acceptors (Lipinski definition) is 1. The van der Waals surface area contributed by atoms with Crippen LogP contribution in [0.2, 0.25) is 0 Å². The van der Waals surface area contributed by atoms with Crippen molar-refractivity contribution in [3.8, 4) is 0 Å². The van der Waals surface area contributed by atoms with Crippen molar-refractivity contribution < 1.29 is 22.9 Å². The zero-order valence-electron chi connectivity index (χ0n) is 13.5. The average molecular weight is 337 g/mol. The van der Waals surface area contributed by atoms with Gasteiger partial charge in [-0.3, -0.25) is 4.79 Å². The normalized spacial score (nSPS) is 14.0. The van der Waals surface area contributed by atoms with Crippen LogP contribution in [0.25, 0.3) is 0 Å². The molecule has 1 unspecified atom stereocenters. The molecule has 2 aromatic rings. The first kappa shape index (κ1) is 18.0. The van der Waals surface area contributed by atoms with Crippen LogP contribution in [-0.2, 0) is 17.5 Å². The van der Waals surface area contributed by atoms with Gasteiger partial charge in [0, 0.05) is 11.3 Å². The number of halogens is 3. The van der Waals surface area contributed by atoms with Crippen molar-refractivity contribution in [1.82, 2.24) is 0 Å². The monoisotopic (exact) mass is 337 g/mol. The van der Waals surface area contributed by atoms with Crippen LogP contribution in [0, 0.1) is 0 Å². The number of para-hydroxylation sites is 1. The van der Waals surface area contributed by atoms with Gasteiger partial charge in [0.25, 0.3) is 5.91 Å². The van der Waals surface area contributed by atoms with Crippen LogP contribution in [-0.4, -0.2) is 19.0 Å². The SMILES string of the molecule is C[C@@H](C(=O)Nc1ccccc1)[NH+](C)Cc1ccc(C(F)(F)F)cc1. The lowest BCUT2D eigenvalue weighted by molar-refractivity contribution is -0.907. The molecule has 3 nitrogen and oxygen atoms in total. The van der Waals surface area contributed by atoms with E-state index in [0.29, 0.717) is 6.54 Å². The summed E-state index contributed by atoms with van der Waals surface area (Å²) in [7, 11) is 1.84. The maximum absolute atomic E-state index is 12.6. The second kappa shape index (κ2) is 7.49. The maximum atomic E-state index is 12.6. The fourth-order valence-corrected chi connectivity index (χ4v) is 2.28. The van der Waals surface area contributed by atoms with Crippen LogP contribution in [0.4, 0.5) is 18.9 Å². The van der Waals surface area contributed by atoms with Gasteiger partial charge in [0.2, 0.25) is 0 Å². The molecule has 0 aliphatic heterocycles. The average Bonchev–Trinajstić information content (AvgIpc) is 2.54. The number of quaternary nitrogens is 1. The molecule has 0 fully saturated rings. The Morgan fingerprint density at radius 1 is 1.08 bits per heavy atom. The molecule has 0 aliphatic carbocycles. The summed E-state index contributed by atoms with van der Waals surface area (Å²) in [5, 5.41) is 2.83. The second-order valence-electron chi connectivity index (χ2n) is 5.79. The van der Waals surface area contributed by atoms with Crippen molar-refractivity contribution in [3.63, 3.8) is 0 Å². The van der Waals surface area contributed by atoms with Crippen molar-refractivity contribution in [2.24, 2.45) is 0 Å². The molecule has 0 radical (unpaired) electrons. The number of benzene rings is 2. The van der Waals surface area contributed by atoms with Crippen molar-refractivity contribution in [2.75, 3.05) is 12.4 Å². The number of anilines is 1. The molecule has 2 rings (SSSR count). The minimum atomic E-state index is -4.33. The Morgan fingerprint density at radius 2 is 1.67 bits per heavy atom. The Bertz CT molecular complexity index is 669. The van der Waals surface area contributed by atoms with Gasteiger partial charge in [0.05, 0.1) is 12.6 Å². The van der Waals surface area contributed by atoms with Crippen molar-refractivity contribution in [2.45, 2.75) is 25.7 Å². The van der Waals surface area contributed by atoms with E-state index in [-0.39, 0.29) is 11.9 Å². The fraction of sp³-hybridized carbons (Fsp3) is 0.278. The van der Waals surface area contributed by atoms with Crippen molar-refractivity contribution in [1.29, 1.82) is 0 Å². The Hall–Kier alpha value is -2.34. The predicted octanol–water partition coefficient (Wildman–Crippen LogP) is 2.75. The molecule has 0 aromatic heterocycles. The molecular weight excluding hydrogens is 317 g/mol. The van der Waals surface area contributed by atoms with E-state index in [2.05, 4.69) is 5.32 Å². The van der Waals surface area contributed by atoms with E-state index in [1.807, 2.05) is 25.2 Å². The highest BCUT2D eigenvalue weighted by molar-refractivity contribution is 5.93. The number of likely N-dealkylation sites (N-methyl/N-ethyl adjacent to an activating group) is 1. The topological polar surface area (TPSA) is 33.5 Å². The van der Waals surface area contributed by atoms with E-state index in [0.717, 1.165) is 28.3 Å². The molecule has 0 heterocycles. The number of carbonyl (C=O) groups is 1. The molecule has 0 saturated carbocycles. The van der Waals surface area contributed by atoms with Crippen LogP contribution >= 0.6 is 0 Å². The van der Waals surface area contributed by atoms with Crippen molar-refractivity contribution >= 4 is 11.6 Å². The predicted molar refractivity (Wildman–Crippen MR) is 86.6 cm³/mol. The van der Waals surface area contributed by atoms with Crippen LogP contribution < -0.4 is 10.2 Å². The van der Waals surface area contributed by atoms with Crippen LogP contribution in [0.5, 0.6) is 0 Å². The van der Waals surface area contributed by atoms with Gasteiger partial charge in [-0.25, -0.2) is 0 Å². The summed E-state index contributed by atoms with van der Waals surface area (Å²) in [5.41, 5.74) is 0.801. The third kappa shape index (κ3) is 4.83. The first-order chi connectivity index (χ1) is 11.3. The molecule has 2 atom stereocenters. The van der Waals surface area contributed by atoms with Gasteiger partial charge in [-0.15, -0.1) is 0 Å². The summed E-state index contributed by atoms with van der Waals surface area (Å²) in [6.45, 7) is 2.25. The number of carbonyl (C=O) groups excluding carboxylic acids is 1. The minimum absolute atomic E-state index is 0.134. The quantitative estimate of drug-likeness (QED) is 0.864. The molecule has 0 aliphatic rings. The largest absolute Gasteiger partial charge is 0.416 e. The lowest BCUT2D eigenvalue weighted by atomic mass is 10.1. The van der Waals surface area contributed by atoms with E-state index < -0.39 is 11.7 Å². The summed E-state index contributed by atoms with van der Waals surface area (Å²) in [5.74, 6) is -0.134. The number of nitrogens with one attached hydrogen (secondary N) is 2. The first-order valence-electron chi connectivity index (χ1n) is 7.61. The van der Waals surface area contributed by atoms with Gasteiger partial charge in [-0.2, -0.15) is 13.2 Å². The van der Waals surface area contributed by atoms with E-state index in [1.165, 1.54) is 12.1 Å². The van der Waals surface area contributed by atoms with E-state index in [4.69, 9.17) is 0 Å². The maximum Gasteiger partial charge on any atom is 0.416 e. The Labute approximate surface area is 139 Å². The number of hydrogen-bond donors (Lipinski definition) is 2. The lowest BCUT2D eigenvalue weighted by Crippen LogP contribution is -3.12. The minimum Gasteiger partial charge on any atom is -0.324 e. The standard InChI is InChI=1S/C18H19F3N2O/c1-13(17(24)22-16-6-4-3-5-7-16)23(2)12-14-8-10-15(11-9-14)18(19,20)21/h3-11,13H,12H2,1-2H3,(H,22,24)/p+1/t13-/m0/s1. The molecule has 2 aromatic carbocycles. The van der Waals surface area contributed by atoms with E-state index in [1.54, 1.807) is 19.1 Å². The zero-order valence-corrected chi connectivity index (χ0v) is 13.5. The molecule has 2 N–H and O–H groups in total. The summed E-state index contributed by atoms with van der Waals surface area (Å²) < 4.78 is 37.7. The lowest BCUT2D eigenvalue weighted by Gasteiger charge is -2.21. The Kier molecular flexibility index (Phi) is 5.62. The summed E-state index contributed by atoms with van der Waals surface area (Å²) in [4.78, 5) is 13.1. The fourth-order valence-electron chi connectivity index (χ4n) is 2.28. The van der Waals surface area contributed by atoms with Gasteiger partial charge in [0.1, 0.15) is 6.54 Å². The van der Waals surface area contributed by atoms with Crippen LogP contribution in [0.15, 0.2) is 54.6 Å². The Morgan fingerprint density at radius 3 is 2.21 bits per heavy atom. The van der Waals surface area contributed by atoms with Gasteiger partial charge in [-0.05, 0) is 31.2 Å². The first-order valence-corrected chi connectivity index (χ1v) is 7.61.